The number of pyridine rings is 2. The molecular weight excluding hydrogens is 973 g/mol. The van der Waals surface area contributed by atoms with Crippen molar-refractivity contribution in [2.45, 2.75) is 11.8 Å². The van der Waals surface area contributed by atoms with Crippen LogP contribution in [0, 0.1) is 0 Å². The second-order valence-corrected chi connectivity index (χ2v) is 20.6. The first-order valence-electron chi connectivity index (χ1n) is 27.1. The van der Waals surface area contributed by atoms with Crippen LogP contribution in [0.15, 0.2) is 280 Å². The van der Waals surface area contributed by atoms with E-state index in [2.05, 4.69) is 204 Å². The third-order valence-electron chi connectivity index (χ3n) is 16.0. The summed E-state index contributed by atoms with van der Waals surface area (Å²) in [5, 5.41) is 0. The molecule has 3 aliphatic rings. The van der Waals surface area contributed by atoms with Crippen molar-refractivity contribution in [2.24, 2.45) is 0 Å². The third kappa shape index (κ3) is 8.38. The minimum atomic E-state index is 0.122. The van der Waals surface area contributed by atoms with Crippen LogP contribution in [-0.4, -0.2) is 29.9 Å². The van der Waals surface area contributed by atoms with Crippen LogP contribution in [-0.2, 0) is 0 Å². The minimum Gasteiger partial charge on any atom is -0.265 e. The second kappa shape index (κ2) is 19.8. The molecule has 0 amide bonds. The summed E-state index contributed by atoms with van der Waals surface area (Å²) >= 11 is 0. The van der Waals surface area contributed by atoms with Crippen molar-refractivity contribution in [3.63, 3.8) is 0 Å². The lowest BCUT2D eigenvalue weighted by molar-refractivity contribution is 0.755. The van der Waals surface area contributed by atoms with Gasteiger partial charge < -0.3 is 0 Å². The van der Waals surface area contributed by atoms with E-state index in [9.17, 15) is 0 Å². The van der Waals surface area contributed by atoms with Crippen molar-refractivity contribution in [2.75, 3.05) is 0 Å². The van der Waals surface area contributed by atoms with Gasteiger partial charge in [0.05, 0.1) is 22.8 Å². The fraction of sp³-hybridized carbons (Fsp3) is 0.0270. The maximum atomic E-state index is 5.18. The summed E-state index contributed by atoms with van der Waals surface area (Å²) < 4.78 is 0. The SMILES string of the molecule is c1ccc(-c2nc(-c3ccc(-c4ccc5c(c4)C4c6ccccc6C5c5cc(-c6ccc(-c7cc(-c8ccccc8-c8ccncc8)nc(-c8ccccc8)n7)cc6)ccc54)cc3)cc(-c3ccccc3-c3ccncc3)n2)cc1. The Morgan fingerprint density at radius 2 is 0.525 bits per heavy atom. The van der Waals surface area contributed by atoms with Crippen LogP contribution in [0.4, 0.5) is 0 Å². The molecule has 0 aliphatic heterocycles. The molecule has 13 aromatic rings. The Morgan fingerprint density at radius 3 is 0.938 bits per heavy atom. The number of hydrogen-bond acceptors (Lipinski definition) is 6. The molecule has 2 unspecified atom stereocenters. The number of nitrogens with zero attached hydrogens (tertiary/aromatic N) is 6. The molecule has 0 fully saturated rings. The number of rotatable bonds is 10. The van der Waals surface area contributed by atoms with Gasteiger partial charge in [-0.2, -0.15) is 0 Å². The van der Waals surface area contributed by atoms with Crippen molar-refractivity contribution in [1.29, 1.82) is 0 Å². The van der Waals surface area contributed by atoms with E-state index in [1.807, 2.05) is 85.5 Å². The Morgan fingerprint density at radius 1 is 0.200 bits per heavy atom. The van der Waals surface area contributed by atoms with Gasteiger partial charge in [-0.1, -0.05) is 206 Å². The van der Waals surface area contributed by atoms with Gasteiger partial charge in [-0.25, -0.2) is 19.9 Å². The topological polar surface area (TPSA) is 77.3 Å². The Hall–Kier alpha value is -10.6. The van der Waals surface area contributed by atoms with Crippen molar-refractivity contribution in [3.05, 3.63) is 313 Å². The molecule has 4 aromatic heterocycles. The molecule has 0 N–H and O–H groups in total. The van der Waals surface area contributed by atoms with Crippen molar-refractivity contribution in [1.82, 2.24) is 29.9 Å². The predicted octanol–water partition coefficient (Wildman–Crippen LogP) is 17.7. The molecule has 2 atom stereocenters. The molecule has 0 saturated carbocycles. The largest absolute Gasteiger partial charge is 0.265 e. The van der Waals surface area contributed by atoms with Crippen LogP contribution < -0.4 is 0 Å². The molecule has 80 heavy (non-hydrogen) atoms. The quantitative estimate of drug-likeness (QED) is 0.136. The van der Waals surface area contributed by atoms with E-state index in [1.165, 1.54) is 44.5 Å². The Labute approximate surface area is 464 Å². The summed E-state index contributed by atoms with van der Waals surface area (Å²) in [6.07, 6.45) is 7.34. The normalized spacial score (nSPS) is 13.8. The zero-order valence-corrected chi connectivity index (χ0v) is 43.4. The average Bonchev–Trinajstić information content (AvgIpc) is 3.56. The van der Waals surface area contributed by atoms with Crippen molar-refractivity contribution < 1.29 is 0 Å². The van der Waals surface area contributed by atoms with Crippen molar-refractivity contribution >= 4 is 0 Å². The van der Waals surface area contributed by atoms with Gasteiger partial charge in [0.2, 0.25) is 0 Å². The first-order valence-corrected chi connectivity index (χ1v) is 27.1. The number of benzene rings is 9. The second-order valence-electron chi connectivity index (χ2n) is 20.6. The molecule has 374 valence electrons. The van der Waals surface area contributed by atoms with E-state index in [1.54, 1.807) is 0 Å². The molecule has 2 bridgehead atoms. The van der Waals surface area contributed by atoms with E-state index in [0.29, 0.717) is 11.6 Å². The van der Waals surface area contributed by atoms with E-state index in [0.717, 1.165) is 89.5 Å². The number of aromatic nitrogens is 6. The highest BCUT2D eigenvalue weighted by atomic mass is 14.9. The molecule has 16 rings (SSSR count). The Balaban J connectivity index is 0.749. The summed E-state index contributed by atoms with van der Waals surface area (Å²) in [5.41, 5.74) is 26.9. The van der Waals surface area contributed by atoms with Crippen LogP contribution in [0.2, 0.25) is 0 Å². The predicted molar refractivity (Wildman–Crippen MR) is 322 cm³/mol. The summed E-state index contributed by atoms with van der Waals surface area (Å²) in [6, 6.07) is 90.9. The molecule has 0 saturated heterocycles. The standard InChI is InChI=1S/C74H48N6/c1-3-13-53(14-4-1)73-77-67(45-69(79-73)59-19-9-7-17-57(59)49-35-39-75-40-36-49)51-27-23-47(24-28-51)55-31-33-63-65(43-55)71-61-21-11-12-22-62(61)72(63)66-44-56(32-34-64(66)71)48-25-29-52(30-26-48)68-46-70(80-74(78-68)54-15-5-2-6-16-54)60-20-10-8-18-58(60)50-37-41-76-42-38-50/h1-46,71-72H. The summed E-state index contributed by atoms with van der Waals surface area (Å²) in [4.78, 5) is 29.3. The van der Waals surface area contributed by atoms with Gasteiger partial charge in [0.1, 0.15) is 0 Å². The molecule has 0 spiro atoms. The summed E-state index contributed by atoms with van der Waals surface area (Å²) in [5.74, 6) is 1.62. The van der Waals surface area contributed by atoms with Crippen molar-refractivity contribution in [3.8, 4) is 112 Å². The molecule has 6 heteroatoms. The highest BCUT2D eigenvalue weighted by Gasteiger charge is 2.41. The maximum absolute atomic E-state index is 5.18. The maximum Gasteiger partial charge on any atom is 0.160 e. The van der Waals surface area contributed by atoms with Gasteiger partial charge in [0, 0.05) is 70.0 Å². The zero-order valence-electron chi connectivity index (χ0n) is 43.4. The molecule has 4 heterocycles. The average molecular weight is 1020 g/mol. The van der Waals surface area contributed by atoms with Gasteiger partial charge >= 0.3 is 0 Å². The highest BCUT2D eigenvalue weighted by molar-refractivity contribution is 5.86. The van der Waals surface area contributed by atoms with Gasteiger partial charge in [-0.3, -0.25) is 9.97 Å². The lowest BCUT2D eigenvalue weighted by Gasteiger charge is -2.42. The van der Waals surface area contributed by atoms with Crippen LogP contribution in [0.3, 0.4) is 0 Å². The van der Waals surface area contributed by atoms with Crippen LogP contribution in [0.5, 0.6) is 0 Å². The Kier molecular flexibility index (Phi) is 11.6. The minimum absolute atomic E-state index is 0.122. The molecule has 6 nitrogen and oxygen atoms in total. The molecule has 0 radical (unpaired) electrons. The first kappa shape index (κ1) is 46.7. The lowest BCUT2D eigenvalue weighted by Crippen LogP contribution is -2.27. The smallest absolute Gasteiger partial charge is 0.160 e. The van der Waals surface area contributed by atoms with Crippen LogP contribution in [0.1, 0.15) is 45.2 Å². The van der Waals surface area contributed by atoms with Gasteiger partial charge in [-0.15, -0.1) is 0 Å². The van der Waals surface area contributed by atoms with E-state index >= 15 is 0 Å². The van der Waals surface area contributed by atoms with Crippen LogP contribution in [0.25, 0.3) is 112 Å². The fourth-order valence-electron chi connectivity index (χ4n) is 12.1. The molecular formula is C74H48N6. The summed E-state index contributed by atoms with van der Waals surface area (Å²) in [6.45, 7) is 0. The molecule has 9 aromatic carbocycles. The highest BCUT2D eigenvalue weighted by Crippen LogP contribution is 2.57. The van der Waals surface area contributed by atoms with Gasteiger partial charge in [0.25, 0.3) is 0 Å². The van der Waals surface area contributed by atoms with Gasteiger partial charge in [0.15, 0.2) is 11.6 Å². The number of hydrogen-bond donors (Lipinski definition) is 0. The fourth-order valence-corrected chi connectivity index (χ4v) is 12.1. The van der Waals surface area contributed by atoms with Gasteiger partial charge in [-0.05, 0) is 126 Å². The van der Waals surface area contributed by atoms with E-state index in [4.69, 9.17) is 19.9 Å². The first-order chi connectivity index (χ1) is 39.6. The summed E-state index contributed by atoms with van der Waals surface area (Å²) in [7, 11) is 0. The Bertz CT molecular complexity index is 4160. The third-order valence-corrected chi connectivity index (χ3v) is 16.0. The van der Waals surface area contributed by atoms with E-state index < -0.39 is 0 Å². The van der Waals surface area contributed by atoms with E-state index in [-0.39, 0.29) is 11.8 Å². The lowest BCUT2D eigenvalue weighted by atomic mass is 9.60. The molecule has 3 aliphatic carbocycles. The van der Waals surface area contributed by atoms with Crippen LogP contribution >= 0.6 is 0 Å². The monoisotopic (exact) mass is 1020 g/mol. The zero-order chi connectivity index (χ0) is 52.9.